The number of rotatable bonds is 3. The molecule has 19 heavy (non-hydrogen) atoms. The van der Waals surface area contributed by atoms with Crippen LogP contribution in [0, 0.1) is 0 Å². The molecule has 1 fully saturated rings. The van der Waals surface area contributed by atoms with Crippen molar-refractivity contribution in [2.75, 3.05) is 18.4 Å². The average molecular weight is 281 g/mol. The molecule has 1 N–H and O–H groups in total. The van der Waals surface area contributed by atoms with Gasteiger partial charge in [-0.2, -0.15) is 0 Å². The van der Waals surface area contributed by atoms with E-state index in [1.807, 2.05) is 0 Å². The van der Waals surface area contributed by atoms with E-state index in [2.05, 4.69) is 5.32 Å². The van der Waals surface area contributed by atoms with E-state index in [4.69, 9.17) is 11.6 Å². The lowest BCUT2D eigenvalue weighted by atomic mass is 10.2. The van der Waals surface area contributed by atoms with E-state index in [9.17, 15) is 9.59 Å². The number of benzene rings is 1. The van der Waals surface area contributed by atoms with Crippen molar-refractivity contribution in [1.29, 1.82) is 0 Å². The summed E-state index contributed by atoms with van der Waals surface area (Å²) in [6, 6.07) is 7.06. The quantitative estimate of drug-likeness (QED) is 0.925. The number of amides is 2. The van der Waals surface area contributed by atoms with Gasteiger partial charge in [0.25, 0.3) is 0 Å². The zero-order chi connectivity index (χ0) is 13.7. The number of halogens is 1. The lowest BCUT2D eigenvalue weighted by Gasteiger charge is -2.19. The van der Waals surface area contributed by atoms with E-state index in [0.29, 0.717) is 23.7 Å². The van der Waals surface area contributed by atoms with Gasteiger partial charge in [0.15, 0.2) is 0 Å². The summed E-state index contributed by atoms with van der Waals surface area (Å²) >= 11 is 5.97. The first-order valence-corrected chi connectivity index (χ1v) is 6.87. The summed E-state index contributed by atoms with van der Waals surface area (Å²) in [6.45, 7) is 0.763. The van der Waals surface area contributed by atoms with Crippen LogP contribution in [0.25, 0.3) is 0 Å². The predicted molar refractivity (Wildman–Crippen MR) is 75.1 cm³/mol. The molecule has 2 rings (SSSR count). The Kier molecular flexibility index (Phi) is 4.80. The maximum atomic E-state index is 11.9. The summed E-state index contributed by atoms with van der Waals surface area (Å²) in [4.78, 5) is 25.3. The molecular weight excluding hydrogens is 264 g/mol. The number of anilines is 1. The number of hydrogen-bond donors (Lipinski definition) is 1. The molecule has 0 radical (unpaired) electrons. The van der Waals surface area contributed by atoms with E-state index in [-0.39, 0.29) is 18.4 Å². The van der Waals surface area contributed by atoms with Crippen LogP contribution in [0.3, 0.4) is 0 Å². The van der Waals surface area contributed by atoms with E-state index in [0.717, 1.165) is 19.3 Å². The Morgan fingerprint density at radius 3 is 2.84 bits per heavy atom. The lowest BCUT2D eigenvalue weighted by Crippen LogP contribution is -2.37. The van der Waals surface area contributed by atoms with Crippen molar-refractivity contribution in [3.8, 4) is 0 Å². The molecule has 1 heterocycles. The maximum Gasteiger partial charge on any atom is 0.244 e. The van der Waals surface area contributed by atoms with Gasteiger partial charge >= 0.3 is 0 Å². The normalized spacial score (nSPS) is 16.1. The van der Waals surface area contributed by atoms with Crippen LogP contribution in [-0.4, -0.2) is 29.8 Å². The summed E-state index contributed by atoms with van der Waals surface area (Å²) in [5, 5.41) is 3.23. The molecule has 1 aliphatic heterocycles. The molecular formula is C14H17ClN2O2. The number of hydrogen-bond acceptors (Lipinski definition) is 2. The third kappa shape index (κ3) is 3.96. The summed E-state index contributed by atoms with van der Waals surface area (Å²) in [6.07, 6.45) is 3.47. The highest BCUT2D eigenvalue weighted by Crippen LogP contribution is 2.20. The first-order chi connectivity index (χ1) is 9.16. The molecule has 0 atom stereocenters. The van der Waals surface area contributed by atoms with Gasteiger partial charge in [0, 0.05) is 13.0 Å². The lowest BCUT2D eigenvalue weighted by molar-refractivity contribution is -0.134. The SMILES string of the molecule is O=C(CN1CCCCCC1=O)Nc1ccccc1Cl. The second-order valence-electron chi connectivity index (χ2n) is 4.65. The summed E-state index contributed by atoms with van der Waals surface area (Å²) in [5.41, 5.74) is 0.580. The Morgan fingerprint density at radius 2 is 2.05 bits per heavy atom. The Morgan fingerprint density at radius 1 is 1.26 bits per heavy atom. The fraction of sp³-hybridized carbons (Fsp3) is 0.429. The molecule has 1 aliphatic rings. The number of carbonyl (C=O) groups excluding carboxylic acids is 2. The van der Waals surface area contributed by atoms with Crippen molar-refractivity contribution >= 4 is 29.1 Å². The molecule has 102 valence electrons. The fourth-order valence-electron chi connectivity index (χ4n) is 2.13. The van der Waals surface area contributed by atoms with Crippen molar-refractivity contribution in [2.24, 2.45) is 0 Å². The molecule has 0 bridgehead atoms. The summed E-state index contributed by atoms with van der Waals surface area (Å²) < 4.78 is 0. The second kappa shape index (κ2) is 6.57. The molecule has 0 aliphatic carbocycles. The first kappa shape index (κ1) is 13.9. The van der Waals surface area contributed by atoms with Crippen molar-refractivity contribution in [3.63, 3.8) is 0 Å². The topological polar surface area (TPSA) is 49.4 Å². The van der Waals surface area contributed by atoms with Crippen molar-refractivity contribution < 1.29 is 9.59 Å². The van der Waals surface area contributed by atoms with Crippen LogP contribution in [0.1, 0.15) is 25.7 Å². The Bertz CT molecular complexity index is 476. The Balaban J connectivity index is 1.93. The van der Waals surface area contributed by atoms with Gasteiger partial charge in [0.05, 0.1) is 17.3 Å². The number of nitrogens with one attached hydrogen (secondary N) is 1. The summed E-state index contributed by atoms with van der Waals surface area (Å²) in [7, 11) is 0. The molecule has 0 spiro atoms. The standard InChI is InChI=1S/C14H17ClN2O2/c15-11-6-3-4-7-12(11)16-13(18)10-17-9-5-1-2-8-14(17)19/h3-4,6-7H,1-2,5,8-10H2,(H,16,18). The Labute approximate surface area is 117 Å². The van der Waals surface area contributed by atoms with Crippen LogP contribution in [0.15, 0.2) is 24.3 Å². The minimum Gasteiger partial charge on any atom is -0.333 e. The van der Waals surface area contributed by atoms with Crippen molar-refractivity contribution in [1.82, 2.24) is 4.90 Å². The van der Waals surface area contributed by atoms with Gasteiger partial charge in [-0.1, -0.05) is 30.2 Å². The number of nitrogens with zero attached hydrogens (tertiary/aromatic N) is 1. The first-order valence-electron chi connectivity index (χ1n) is 6.49. The summed E-state index contributed by atoms with van der Waals surface area (Å²) in [5.74, 6) is -0.143. The highest BCUT2D eigenvalue weighted by atomic mass is 35.5. The van der Waals surface area contributed by atoms with Gasteiger partial charge in [0.1, 0.15) is 0 Å². The largest absolute Gasteiger partial charge is 0.333 e. The van der Waals surface area contributed by atoms with Crippen LogP contribution < -0.4 is 5.32 Å². The minimum absolute atomic E-state index is 0.0619. The predicted octanol–water partition coefficient (Wildman–Crippen LogP) is 2.68. The molecule has 0 unspecified atom stereocenters. The monoisotopic (exact) mass is 280 g/mol. The Hall–Kier alpha value is -1.55. The van der Waals surface area contributed by atoms with Gasteiger partial charge in [0.2, 0.25) is 11.8 Å². The molecule has 0 saturated carbocycles. The number of para-hydroxylation sites is 1. The number of carbonyl (C=O) groups is 2. The molecule has 4 nitrogen and oxygen atoms in total. The smallest absolute Gasteiger partial charge is 0.244 e. The average Bonchev–Trinajstić information content (AvgIpc) is 2.58. The van der Waals surface area contributed by atoms with Crippen molar-refractivity contribution in [3.05, 3.63) is 29.3 Å². The van der Waals surface area contributed by atoms with Crippen molar-refractivity contribution in [2.45, 2.75) is 25.7 Å². The molecule has 1 saturated heterocycles. The van der Waals surface area contributed by atoms with Crippen LogP contribution in [0.2, 0.25) is 5.02 Å². The minimum atomic E-state index is -0.205. The van der Waals surface area contributed by atoms with E-state index < -0.39 is 0 Å². The molecule has 1 aromatic carbocycles. The van der Waals surface area contributed by atoms with Crippen LogP contribution in [0.4, 0.5) is 5.69 Å². The zero-order valence-electron chi connectivity index (χ0n) is 10.7. The van der Waals surface area contributed by atoms with Gasteiger partial charge in [-0.3, -0.25) is 9.59 Å². The molecule has 2 amide bonds. The third-order valence-electron chi connectivity index (χ3n) is 3.15. The van der Waals surface area contributed by atoms with Crippen LogP contribution >= 0.6 is 11.6 Å². The fourth-order valence-corrected chi connectivity index (χ4v) is 2.31. The molecule has 5 heteroatoms. The third-order valence-corrected chi connectivity index (χ3v) is 3.48. The van der Waals surface area contributed by atoms with E-state index in [1.165, 1.54) is 0 Å². The maximum absolute atomic E-state index is 11.9. The van der Waals surface area contributed by atoms with E-state index >= 15 is 0 Å². The van der Waals surface area contributed by atoms with Gasteiger partial charge in [-0.05, 0) is 25.0 Å². The molecule has 0 aromatic heterocycles. The van der Waals surface area contributed by atoms with Gasteiger partial charge < -0.3 is 10.2 Å². The zero-order valence-corrected chi connectivity index (χ0v) is 11.4. The van der Waals surface area contributed by atoms with Crippen LogP contribution in [-0.2, 0) is 9.59 Å². The van der Waals surface area contributed by atoms with Gasteiger partial charge in [-0.25, -0.2) is 0 Å². The second-order valence-corrected chi connectivity index (χ2v) is 5.06. The van der Waals surface area contributed by atoms with Crippen LogP contribution in [0.5, 0.6) is 0 Å². The highest BCUT2D eigenvalue weighted by Gasteiger charge is 2.19. The van der Waals surface area contributed by atoms with Gasteiger partial charge in [-0.15, -0.1) is 0 Å². The number of likely N-dealkylation sites (tertiary alicyclic amines) is 1. The highest BCUT2D eigenvalue weighted by molar-refractivity contribution is 6.33. The molecule has 1 aromatic rings. The van der Waals surface area contributed by atoms with E-state index in [1.54, 1.807) is 29.2 Å².